The van der Waals surface area contributed by atoms with Crippen LogP contribution >= 0.6 is 0 Å². The van der Waals surface area contributed by atoms with E-state index < -0.39 is 17.4 Å². The van der Waals surface area contributed by atoms with Gasteiger partial charge in [0.25, 0.3) is 5.91 Å². The molecule has 1 aromatic rings. The van der Waals surface area contributed by atoms with Gasteiger partial charge in [0.1, 0.15) is 11.3 Å². The van der Waals surface area contributed by atoms with Crippen molar-refractivity contribution in [2.24, 2.45) is 0 Å². The first-order chi connectivity index (χ1) is 8.73. The Labute approximate surface area is 112 Å². The zero-order valence-corrected chi connectivity index (χ0v) is 11.6. The highest BCUT2D eigenvalue weighted by molar-refractivity contribution is 6.00. The average molecular weight is 265 g/mol. The van der Waals surface area contributed by atoms with E-state index in [1.54, 1.807) is 26.0 Å². The number of carbonyl (C=O) groups excluding carboxylic acids is 1. The summed E-state index contributed by atoms with van der Waals surface area (Å²) in [6.45, 7) is 6.55. The number of para-hydroxylation sites is 1. The van der Waals surface area contributed by atoms with E-state index in [1.807, 2.05) is 0 Å². The van der Waals surface area contributed by atoms with Crippen molar-refractivity contribution >= 4 is 11.9 Å². The van der Waals surface area contributed by atoms with Gasteiger partial charge in [-0.15, -0.1) is 0 Å². The molecule has 0 atom stereocenters. The van der Waals surface area contributed by atoms with E-state index in [9.17, 15) is 19.8 Å². The number of benzene rings is 1. The van der Waals surface area contributed by atoms with Gasteiger partial charge in [0.15, 0.2) is 0 Å². The molecule has 5 heteroatoms. The molecule has 0 aliphatic heterocycles. The molecular weight excluding hydrogens is 246 g/mol. The summed E-state index contributed by atoms with van der Waals surface area (Å²) in [4.78, 5) is 24.9. The van der Waals surface area contributed by atoms with Crippen molar-refractivity contribution in [3.63, 3.8) is 0 Å². The first-order valence-electron chi connectivity index (χ1n) is 6.07. The van der Waals surface area contributed by atoms with Crippen LogP contribution < -0.4 is 0 Å². The second-order valence-electron chi connectivity index (χ2n) is 4.88. The molecular formula is C14H19NO4. The Balaban J connectivity index is 3.24. The van der Waals surface area contributed by atoms with Crippen LogP contribution in [0.25, 0.3) is 0 Å². The van der Waals surface area contributed by atoms with Crippen LogP contribution in [0.5, 0.6) is 5.75 Å². The lowest BCUT2D eigenvalue weighted by Gasteiger charge is -2.34. The summed E-state index contributed by atoms with van der Waals surface area (Å²) in [6, 6.07) is 4.83. The molecule has 1 rings (SSSR count). The molecule has 0 fully saturated rings. The molecule has 0 aromatic heterocycles. The smallest absolute Gasteiger partial charge is 0.329 e. The molecule has 0 aliphatic rings. The normalized spacial score (nSPS) is 11.2. The maximum Gasteiger partial charge on any atom is 0.329 e. The van der Waals surface area contributed by atoms with Crippen LogP contribution in [-0.2, 0) is 4.79 Å². The van der Waals surface area contributed by atoms with E-state index in [-0.39, 0.29) is 17.9 Å². The Morgan fingerprint density at radius 2 is 1.89 bits per heavy atom. The van der Waals surface area contributed by atoms with Gasteiger partial charge in [-0.1, -0.05) is 12.1 Å². The fourth-order valence-electron chi connectivity index (χ4n) is 1.89. The number of carboxylic acid groups (broad SMARTS) is 1. The van der Waals surface area contributed by atoms with Gasteiger partial charge in [0, 0.05) is 6.54 Å². The van der Waals surface area contributed by atoms with E-state index in [2.05, 4.69) is 0 Å². The minimum absolute atomic E-state index is 0.105. The maximum absolute atomic E-state index is 12.4. The molecule has 5 nitrogen and oxygen atoms in total. The molecule has 0 spiro atoms. The second kappa shape index (κ2) is 5.30. The predicted octanol–water partition coefficient (Wildman–Crippen LogP) is 2.03. The van der Waals surface area contributed by atoms with Gasteiger partial charge in [-0.2, -0.15) is 0 Å². The van der Waals surface area contributed by atoms with Crippen molar-refractivity contribution < 1.29 is 19.8 Å². The fourth-order valence-corrected chi connectivity index (χ4v) is 1.89. The first-order valence-corrected chi connectivity index (χ1v) is 6.07. The van der Waals surface area contributed by atoms with Crippen LogP contribution in [0.4, 0.5) is 0 Å². The lowest BCUT2D eigenvalue weighted by molar-refractivity contribution is -0.147. The number of aliphatic carboxylic acids is 1. The number of aryl methyl sites for hydroxylation is 1. The molecule has 1 amide bonds. The van der Waals surface area contributed by atoms with Gasteiger partial charge in [-0.25, -0.2) is 4.79 Å². The maximum atomic E-state index is 12.4. The standard InChI is InChI=1S/C14H19NO4/c1-5-15(14(3,4)13(18)19)12(17)10-8-6-7-9(2)11(10)16/h6-8,16H,5H2,1-4H3,(H,18,19). The highest BCUT2D eigenvalue weighted by Gasteiger charge is 2.37. The molecule has 104 valence electrons. The predicted molar refractivity (Wildman–Crippen MR) is 71.3 cm³/mol. The molecule has 0 bridgehead atoms. The van der Waals surface area contributed by atoms with E-state index in [1.165, 1.54) is 24.8 Å². The molecule has 0 unspecified atom stereocenters. The van der Waals surface area contributed by atoms with Crippen molar-refractivity contribution in [1.82, 2.24) is 4.90 Å². The minimum Gasteiger partial charge on any atom is -0.507 e. The third-order valence-electron chi connectivity index (χ3n) is 3.23. The number of amides is 1. The summed E-state index contributed by atoms with van der Waals surface area (Å²) < 4.78 is 0. The number of rotatable bonds is 4. The van der Waals surface area contributed by atoms with Crippen LogP contribution in [0.1, 0.15) is 36.7 Å². The fraction of sp³-hybridized carbons (Fsp3) is 0.429. The Morgan fingerprint density at radius 1 is 1.32 bits per heavy atom. The van der Waals surface area contributed by atoms with Crippen molar-refractivity contribution in [2.75, 3.05) is 6.54 Å². The topological polar surface area (TPSA) is 77.8 Å². The van der Waals surface area contributed by atoms with Gasteiger partial charge in [0.05, 0.1) is 5.56 Å². The number of aromatic hydroxyl groups is 1. The van der Waals surface area contributed by atoms with Gasteiger partial charge in [-0.3, -0.25) is 4.79 Å². The Bertz CT molecular complexity index is 508. The van der Waals surface area contributed by atoms with Crippen LogP contribution in [0.2, 0.25) is 0 Å². The molecule has 0 aliphatic carbocycles. The lowest BCUT2D eigenvalue weighted by atomic mass is 10.0. The Hall–Kier alpha value is -2.04. The largest absolute Gasteiger partial charge is 0.507 e. The van der Waals surface area contributed by atoms with Crippen molar-refractivity contribution in [3.8, 4) is 5.75 Å². The van der Waals surface area contributed by atoms with Crippen LogP contribution in [-0.4, -0.2) is 39.1 Å². The Morgan fingerprint density at radius 3 is 2.37 bits per heavy atom. The molecule has 0 saturated carbocycles. The molecule has 2 N–H and O–H groups in total. The summed E-state index contributed by atoms with van der Waals surface area (Å²) in [6.07, 6.45) is 0. The van der Waals surface area contributed by atoms with Gasteiger partial charge >= 0.3 is 5.97 Å². The molecule has 0 saturated heterocycles. The minimum atomic E-state index is -1.33. The van der Waals surface area contributed by atoms with E-state index in [0.29, 0.717) is 5.56 Å². The zero-order valence-electron chi connectivity index (χ0n) is 11.6. The number of carboxylic acids is 1. The number of carbonyl (C=O) groups is 2. The monoisotopic (exact) mass is 265 g/mol. The number of hydrogen-bond donors (Lipinski definition) is 2. The molecule has 0 radical (unpaired) electrons. The number of phenolic OH excluding ortho intramolecular Hbond substituents is 1. The van der Waals surface area contributed by atoms with Crippen LogP contribution in [0.3, 0.4) is 0 Å². The summed E-state index contributed by atoms with van der Waals surface area (Å²) in [7, 11) is 0. The second-order valence-corrected chi connectivity index (χ2v) is 4.88. The average Bonchev–Trinajstić information content (AvgIpc) is 2.32. The van der Waals surface area contributed by atoms with Crippen molar-refractivity contribution in [3.05, 3.63) is 29.3 Å². The van der Waals surface area contributed by atoms with Gasteiger partial charge < -0.3 is 15.1 Å². The molecule has 1 aromatic carbocycles. The number of nitrogens with zero attached hydrogens (tertiary/aromatic N) is 1. The van der Waals surface area contributed by atoms with E-state index in [0.717, 1.165) is 0 Å². The number of hydrogen-bond acceptors (Lipinski definition) is 3. The molecule has 19 heavy (non-hydrogen) atoms. The molecule has 0 heterocycles. The van der Waals surface area contributed by atoms with Crippen LogP contribution in [0.15, 0.2) is 18.2 Å². The summed E-state index contributed by atoms with van der Waals surface area (Å²) >= 11 is 0. The van der Waals surface area contributed by atoms with Gasteiger partial charge in [0.2, 0.25) is 0 Å². The van der Waals surface area contributed by atoms with Crippen molar-refractivity contribution in [1.29, 1.82) is 0 Å². The summed E-state index contributed by atoms with van der Waals surface area (Å²) in [5, 5.41) is 19.1. The quantitative estimate of drug-likeness (QED) is 0.873. The highest BCUT2D eigenvalue weighted by Crippen LogP contribution is 2.26. The SMILES string of the molecule is CCN(C(=O)c1cccc(C)c1O)C(C)(C)C(=O)O. The van der Waals surface area contributed by atoms with Crippen molar-refractivity contribution in [2.45, 2.75) is 33.2 Å². The summed E-state index contributed by atoms with van der Waals surface area (Å²) in [5.41, 5.74) is -0.631. The number of likely N-dealkylation sites (N-methyl/N-ethyl adjacent to an activating group) is 1. The zero-order chi connectivity index (χ0) is 14.8. The summed E-state index contributed by atoms with van der Waals surface area (Å²) in [5.74, 6) is -1.68. The lowest BCUT2D eigenvalue weighted by Crippen LogP contribution is -2.52. The first kappa shape index (κ1) is 15.0. The highest BCUT2D eigenvalue weighted by atomic mass is 16.4. The Kier molecular flexibility index (Phi) is 4.19. The number of phenols is 1. The third kappa shape index (κ3) is 2.70. The van der Waals surface area contributed by atoms with Crippen LogP contribution in [0, 0.1) is 6.92 Å². The van der Waals surface area contributed by atoms with Gasteiger partial charge in [-0.05, 0) is 39.3 Å². The third-order valence-corrected chi connectivity index (χ3v) is 3.23. The van der Waals surface area contributed by atoms with E-state index in [4.69, 9.17) is 0 Å². The van der Waals surface area contributed by atoms with E-state index >= 15 is 0 Å².